The van der Waals surface area contributed by atoms with Crippen LogP contribution < -0.4 is 10.2 Å². The van der Waals surface area contributed by atoms with Crippen LogP contribution in [-0.2, 0) is 0 Å². The van der Waals surface area contributed by atoms with Gasteiger partial charge >= 0.3 is 0 Å². The first-order chi connectivity index (χ1) is 7.66. The Balaban J connectivity index is 2.09. The molecule has 0 spiro atoms. The van der Waals surface area contributed by atoms with Gasteiger partial charge in [-0.05, 0) is 5.92 Å². The minimum atomic E-state index is 0.504. The summed E-state index contributed by atoms with van der Waals surface area (Å²) in [5.74, 6) is 1.55. The molecule has 1 atom stereocenters. The Morgan fingerprint density at radius 3 is 3.00 bits per heavy atom. The molecule has 0 radical (unpaired) electrons. The van der Waals surface area contributed by atoms with Crippen LogP contribution in [0.4, 0.5) is 5.82 Å². The van der Waals surface area contributed by atoms with E-state index < -0.39 is 0 Å². The van der Waals surface area contributed by atoms with Gasteiger partial charge in [0.05, 0.1) is 0 Å². The van der Waals surface area contributed by atoms with Gasteiger partial charge < -0.3 is 10.2 Å². The number of rotatable bonds is 2. The van der Waals surface area contributed by atoms with Gasteiger partial charge in [0.2, 0.25) is 0 Å². The van der Waals surface area contributed by atoms with Crippen molar-refractivity contribution in [3.8, 4) is 0 Å². The molecule has 2 heterocycles. The average Bonchev–Trinajstić information content (AvgIpc) is 2.29. The Hall–Kier alpha value is -0.870. The van der Waals surface area contributed by atoms with Crippen LogP contribution in [-0.4, -0.2) is 35.6 Å². The van der Waals surface area contributed by atoms with Crippen LogP contribution in [0.15, 0.2) is 12.4 Å². The van der Waals surface area contributed by atoms with Crippen molar-refractivity contribution in [2.45, 2.75) is 19.9 Å². The number of anilines is 1. The predicted octanol–water partition coefficient (Wildman–Crippen LogP) is 1.56. The minimum absolute atomic E-state index is 0.504. The van der Waals surface area contributed by atoms with E-state index >= 15 is 0 Å². The summed E-state index contributed by atoms with van der Waals surface area (Å²) < 4.78 is 0. The minimum Gasteiger partial charge on any atom is -0.354 e. The van der Waals surface area contributed by atoms with Gasteiger partial charge in [-0.25, -0.2) is 9.97 Å². The second-order valence-corrected chi connectivity index (χ2v) is 4.84. The summed E-state index contributed by atoms with van der Waals surface area (Å²) in [6, 6.07) is 2.34. The number of nitrogens with one attached hydrogen (secondary N) is 1. The maximum atomic E-state index is 5.87. The summed E-state index contributed by atoms with van der Waals surface area (Å²) in [6.07, 6.45) is 1.52. The zero-order valence-electron chi connectivity index (χ0n) is 9.65. The van der Waals surface area contributed by atoms with Crippen LogP contribution >= 0.6 is 11.6 Å². The third-order valence-corrected chi connectivity index (χ3v) is 3.16. The van der Waals surface area contributed by atoms with Crippen LogP contribution in [0.25, 0.3) is 0 Å². The van der Waals surface area contributed by atoms with Gasteiger partial charge in [-0.1, -0.05) is 25.4 Å². The van der Waals surface area contributed by atoms with Crippen molar-refractivity contribution in [1.82, 2.24) is 15.3 Å². The zero-order valence-corrected chi connectivity index (χ0v) is 10.4. The molecule has 1 N–H and O–H groups in total. The van der Waals surface area contributed by atoms with Crippen molar-refractivity contribution in [3.05, 3.63) is 17.5 Å². The molecule has 88 valence electrons. The summed E-state index contributed by atoms with van der Waals surface area (Å²) in [4.78, 5) is 10.4. The number of nitrogens with zero attached hydrogens (tertiary/aromatic N) is 3. The van der Waals surface area contributed by atoms with Crippen molar-refractivity contribution < 1.29 is 0 Å². The van der Waals surface area contributed by atoms with E-state index in [9.17, 15) is 0 Å². The predicted molar refractivity (Wildman–Crippen MR) is 65.9 cm³/mol. The first kappa shape index (κ1) is 11.6. The van der Waals surface area contributed by atoms with E-state index in [4.69, 9.17) is 11.6 Å². The number of halogens is 1. The Morgan fingerprint density at radius 2 is 2.31 bits per heavy atom. The largest absolute Gasteiger partial charge is 0.354 e. The van der Waals surface area contributed by atoms with Crippen LogP contribution in [0.5, 0.6) is 0 Å². The third kappa shape index (κ3) is 2.62. The average molecular weight is 241 g/mol. The Bertz CT molecular complexity index is 356. The molecule has 1 aromatic rings. The first-order valence-electron chi connectivity index (χ1n) is 5.62. The van der Waals surface area contributed by atoms with Gasteiger partial charge in [-0.15, -0.1) is 0 Å². The van der Waals surface area contributed by atoms with E-state index in [-0.39, 0.29) is 0 Å². The van der Waals surface area contributed by atoms with Crippen LogP contribution in [0, 0.1) is 5.92 Å². The van der Waals surface area contributed by atoms with E-state index in [1.165, 1.54) is 6.33 Å². The molecule has 1 saturated heterocycles. The fraction of sp³-hybridized carbons (Fsp3) is 0.636. The van der Waals surface area contributed by atoms with Gasteiger partial charge in [0.25, 0.3) is 0 Å². The van der Waals surface area contributed by atoms with Crippen molar-refractivity contribution >= 4 is 17.4 Å². The first-order valence-corrected chi connectivity index (χ1v) is 6.00. The van der Waals surface area contributed by atoms with Crippen LogP contribution in [0.1, 0.15) is 13.8 Å². The molecule has 5 heteroatoms. The molecule has 16 heavy (non-hydrogen) atoms. The molecule has 0 saturated carbocycles. The molecule has 0 amide bonds. The molecule has 1 aliphatic heterocycles. The molecule has 1 aromatic heterocycles. The molecule has 1 unspecified atom stereocenters. The van der Waals surface area contributed by atoms with E-state index in [2.05, 4.69) is 34.0 Å². The highest BCUT2D eigenvalue weighted by molar-refractivity contribution is 6.29. The lowest BCUT2D eigenvalue weighted by Gasteiger charge is -2.36. The molecule has 1 aliphatic rings. The zero-order chi connectivity index (χ0) is 11.5. The highest BCUT2D eigenvalue weighted by Crippen LogP contribution is 2.17. The summed E-state index contributed by atoms with van der Waals surface area (Å²) in [5, 5.41) is 4.02. The van der Waals surface area contributed by atoms with E-state index in [0.717, 1.165) is 25.5 Å². The van der Waals surface area contributed by atoms with E-state index in [1.54, 1.807) is 0 Å². The second-order valence-electron chi connectivity index (χ2n) is 4.45. The van der Waals surface area contributed by atoms with Gasteiger partial charge in [-0.2, -0.15) is 0 Å². The summed E-state index contributed by atoms with van der Waals surface area (Å²) in [5.41, 5.74) is 0. The molecule has 1 fully saturated rings. The third-order valence-electron chi connectivity index (χ3n) is 2.95. The van der Waals surface area contributed by atoms with Gasteiger partial charge in [0.1, 0.15) is 17.3 Å². The van der Waals surface area contributed by atoms with E-state index in [1.807, 2.05) is 6.07 Å². The van der Waals surface area contributed by atoms with Crippen molar-refractivity contribution in [2.24, 2.45) is 5.92 Å². The smallest absolute Gasteiger partial charge is 0.134 e. The fourth-order valence-corrected chi connectivity index (χ4v) is 2.07. The highest BCUT2D eigenvalue weighted by Gasteiger charge is 2.22. The lowest BCUT2D eigenvalue weighted by atomic mass is 10.0. The normalized spacial score (nSPS) is 21.5. The van der Waals surface area contributed by atoms with Crippen molar-refractivity contribution in [2.75, 3.05) is 24.5 Å². The number of hydrogen-bond acceptors (Lipinski definition) is 4. The van der Waals surface area contributed by atoms with Gasteiger partial charge in [-0.3, -0.25) is 0 Å². The number of aromatic nitrogens is 2. The molecule has 0 bridgehead atoms. The Labute approximate surface area is 101 Å². The number of hydrogen-bond donors (Lipinski definition) is 1. The SMILES string of the molecule is CC(C)C1CN(c2cc(Cl)ncn2)CCN1. The molecule has 2 rings (SSSR count). The monoisotopic (exact) mass is 240 g/mol. The summed E-state index contributed by atoms with van der Waals surface area (Å²) in [7, 11) is 0. The highest BCUT2D eigenvalue weighted by atomic mass is 35.5. The van der Waals surface area contributed by atoms with Crippen molar-refractivity contribution in [1.29, 1.82) is 0 Å². The van der Waals surface area contributed by atoms with Crippen LogP contribution in [0.2, 0.25) is 5.15 Å². The molecule has 0 aromatic carbocycles. The molecular weight excluding hydrogens is 224 g/mol. The van der Waals surface area contributed by atoms with Crippen LogP contribution in [0.3, 0.4) is 0 Å². The summed E-state index contributed by atoms with van der Waals surface area (Å²) in [6.45, 7) is 7.40. The van der Waals surface area contributed by atoms with E-state index in [0.29, 0.717) is 17.1 Å². The standard InChI is InChI=1S/C11H17ClN4/c1-8(2)9-6-16(4-3-13-9)11-5-10(12)14-7-15-11/h5,7-9,13H,3-4,6H2,1-2H3. The molecule has 4 nitrogen and oxygen atoms in total. The number of piperazine rings is 1. The Morgan fingerprint density at radius 1 is 1.50 bits per heavy atom. The Kier molecular flexibility index (Phi) is 3.61. The topological polar surface area (TPSA) is 41.1 Å². The lowest BCUT2D eigenvalue weighted by molar-refractivity contribution is 0.367. The molecule has 0 aliphatic carbocycles. The fourth-order valence-electron chi connectivity index (χ4n) is 1.93. The summed E-state index contributed by atoms with van der Waals surface area (Å²) >= 11 is 5.87. The molecular formula is C11H17ClN4. The maximum Gasteiger partial charge on any atom is 0.134 e. The maximum absolute atomic E-state index is 5.87. The second kappa shape index (κ2) is 4.97. The van der Waals surface area contributed by atoms with Gasteiger partial charge in [0.15, 0.2) is 0 Å². The van der Waals surface area contributed by atoms with Crippen molar-refractivity contribution in [3.63, 3.8) is 0 Å². The quantitative estimate of drug-likeness (QED) is 0.797. The lowest BCUT2D eigenvalue weighted by Crippen LogP contribution is -2.53. The van der Waals surface area contributed by atoms with Gasteiger partial charge in [0, 0.05) is 31.7 Å².